The quantitative estimate of drug-likeness (QED) is 0.605. The van der Waals surface area contributed by atoms with Gasteiger partial charge in [0.25, 0.3) is 5.91 Å². The van der Waals surface area contributed by atoms with Crippen LogP contribution in [0.25, 0.3) is 0 Å². The molecule has 2 saturated heterocycles. The number of nitrogens with zero attached hydrogens (tertiary/aromatic N) is 4. The summed E-state index contributed by atoms with van der Waals surface area (Å²) in [4.78, 5) is 23.4. The highest BCUT2D eigenvalue weighted by Crippen LogP contribution is 2.32. The average molecular weight is 416 g/mol. The minimum atomic E-state index is -0.205. The lowest BCUT2D eigenvalue weighted by Gasteiger charge is -2.21. The SMILES string of the molecule is COc1ccc(C(=O)N2CCCC2c2nc(CCOCC3CCOCC3)no2)cn1. The van der Waals surface area contributed by atoms with E-state index in [1.165, 1.54) is 6.20 Å². The van der Waals surface area contributed by atoms with Crippen LogP contribution in [0.2, 0.25) is 0 Å². The van der Waals surface area contributed by atoms with E-state index in [1.807, 2.05) is 0 Å². The van der Waals surface area contributed by atoms with Gasteiger partial charge in [0.1, 0.15) is 6.04 Å². The van der Waals surface area contributed by atoms with Crippen LogP contribution in [0.15, 0.2) is 22.9 Å². The molecule has 4 heterocycles. The largest absolute Gasteiger partial charge is 0.481 e. The first kappa shape index (κ1) is 20.7. The molecule has 2 aromatic rings. The van der Waals surface area contributed by atoms with Gasteiger partial charge >= 0.3 is 0 Å². The Kier molecular flexibility index (Phi) is 6.91. The van der Waals surface area contributed by atoms with Crippen molar-refractivity contribution in [3.63, 3.8) is 0 Å². The Morgan fingerprint density at radius 1 is 1.27 bits per heavy atom. The predicted molar refractivity (Wildman–Crippen MR) is 106 cm³/mol. The first-order chi connectivity index (χ1) is 14.7. The lowest BCUT2D eigenvalue weighted by atomic mass is 10.0. The van der Waals surface area contributed by atoms with Gasteiger partial charge in [0.15, 0.2) is 5.82 Å². The second kappa shape index (κ2) is 9.99. The maximum Gasteiger partial charge on any atom is 0.256 e. The van der Waals surface area contributed by atoms with Crippen molar-refractivity contribution in [2.24, 2.45) is 5.92 Å². The molecule has 0 aromatic carbocycles. The highest BCUT2D eigenvalue weighted by molar-refractivity contribution is 5.94. The highest BCUT2D eigenvalue weighted by Gasteiger charge is 2.34. The number of carbonyl (C=O) groups is 1. The molecule has 2 fully saturated rings. The summed E-state index contributed by atoms with van der Waals surface area (Å²) in [5.74, 6) is 2.06. The summed E-state index contributed by atoms with van der Waals surface area (Å²) >= 11 is 0. The topological polar surface area (TPSA) is 99.8 Å². The molecule has 1 amide bonds. The number of carbonyl (C=O) groups excluding carboxylic acids is 1. The Morgan fingerprint density at radius 2 is 2.13 bits per heavy atom. The van der Waals surface area contributed by atoms with E-state index in [2.05, 4.69) is 15.1 Å². The van der Waals surface area contributed by atoms with Gasteiger partial charge in [-0.2, -0.15) is 4.98 Å². The Balaban J connectivity index is 1.30. The minimum Gasteiger partial charge on any atom is -0.481 e. The standard InChI is InChI=1S/C21H28N4O5/c1-27-19-5-4-16(13-22-19)21(26)25-9-2-3-17(25)20-23-18(24-30-20)8-12-29-14-15-6-10-28-11-7-15/h4-5,13,15,17H,2-3,6-12,14H2,1H3. The van der Waals surface area contributed by atoms with Crippen molar-refractivity contribution in [3.8, 4) is 5.88 Å². The molecule has 162 valence electrons. The Morgan fingerprint density at radius 3 is 2.90 bits per heavy atom. The molecule has 2 aliphatic heterocycles. The molecule has 1 unspecified atom stereocenters. The van der Waals surface area contributed by atoms with Crippen molar-refractivity contribution in [1.29, 1.82) is 0 Å². The summed E-state index contributed by atoms with van der Waals surface area (Å²) in [7, 11) is 1.55. The fourth-order valence-electron chi connectivity index (χ4n) is 3.89. The van der Waals surface area contributed by atoms with Gasteiger partial charge in [-0.05, 0) is 37.7 Å². The fourth-order valence-corrected chi connectivity index (χ4v) is 3.89. The van der Waals surface area contributed by atoms with Crippen molar-refractivity contribution in [1.82, 2.24) is 20.0 Å². The normalized spacial score (nSPS) is 19.9. The summed E-state index contributed by atoms with van der Waals surface area (Å²) < 4.78 is 21.7. The van der Waals surface area contributed by atoms with Crippen LogP contribution >= 0.6 is 0 Å². The van der Waals surface area contributed by atoms with Crippen LogP contribution in [0.4, 0.5) is 0 Å². The molecule has 0 N–H and O–H groups in total. The van der Waals surface area contributed by atoms with Crippen LogP contribution in [0.3, 0.4) is 0 Å². The Hall–Kier alpha value is -2.52. The first-order valence-electron chi connectivity index (χ1n) is 10.5. The summed E-state index contributed by atoms with van der Waals surface area (Å²) in [6, 6.07) is 3.20. The zero-order valence-corrected chi connectivity index (χ0v) is 17.3. The molecule has 2 aromatic heterocycles. The Labute approximate surface area is 175 Å². The molecule has 9 nitrogen and oxygen atoms in total. The van der Waals surface area contributed by atoms with Crippen LogP contribution < -0.4 is 4.74 Å². The number of pyridine rings is 1. The summed E-state index contributed by atoms with van der Waals surface area (Å²) in [6.07, 6.45) is 5.94. The van der Waals surface area contributed by atoms with E-state index in [-0.39, 0.29) is 11.9 Å². The van der Waals surface area contributed by atoms with Crippen LogP contribution in [0.5, 0.6) is 5.88 Å². The number of aromatic nitrogens is 3. The number of likely N-dealkylation sites (tertiary alicyclic amines) is 1. The third-order valence-corrected chi connectivity index (χ3v) is 5.64. The van der Waals surface area contributed by atoms with Crippen LogP contribution in [0.1, 0.15) is 53.8 Å². The van der Waals surface area contributed by atoms with Gasteiger partial charge in [-0.15, -0.1) is 0 Å². The summed E-state index contributed by atoms with van der Waals surface area (Å²) in [5, 5.41) is 4.08. The van der Waals surface area contributed by atoms with Gasteiger partial charge in [-0.3, -0.25) is 4.79 Å². The van der Waals surface area contributed by atoms with E-state index < -0.39 is 0 Å². The zero-order valence-electron chi connectivity index (χ0n) is 17.3. The molecular formula is C21H28N4O5. The fraction of sp³-hybridized carbons (Fsp3) is 0.619. The molecule has 9 heteroatoms. The lowest BCUT2D eigenvalue weighted by Crippen LogP contribution is -2.30. The van der Waals surface area contributed by atoms with Crippen LogP contribution in [-0.2, 0) is 15.9 Å². The van der Waals surface area contributed by atoms with Crippen molar-refractivity contribution < 1.29 is 23.5 Å². The van der Waals surface area contributed by atoms with Gasteiger partial charge in [0.2, 0.25) is 11.8 Å². The minimum absolute atomic E-state index is 0.0906. The molecular weight excluding hydrogens is 388 g/mol. The van der Waals surface area contributed by atoms with E-state index >= 15 is 0 Å². The monoisotopic (exact) mass is 416 g/mol. The summed E-state index contributed by atoms with van der Waals surface area (Å²) in [5.41, 5.74) is 0.518. The third kappa shape index (κ3) is 4.96. The maximum atomic E-state index is 12.9. The number of amides is 1. The van der Waals surface area contributed by atoms with E-state index in [0.29, 0.717) is 48.6 Å². The molecule has 30 heavy (non-hydrogen) atoms. The second-order valence-corrected chi connectivity index (χ2v) is 7.68. The van der Waals surface area contributed by atoms with Gasteiger partial charge < -0.3 is 23.6 Å². The third-order valence-electron chi connectivity index (χ3n) is 5.64. The van der Waals surface area contributed by atoms with E-state index in [1.54, 1.807) is 24.1 Å². The number of hydrogen-bond acceptors (Lipinski definition) is 8. The predicted octanol–water partition coefficient (Wildman–Crippen LogP) is 2.44. The van der Waals surface area contributed by atoms with E-state index in [4.69, 9.17) is 18.7 Å². The molecule has 1 atom stereocenters. The van der Waals surface area contributed by atoms with E-state index in [0.717, 1.165) is 45.5 Å². The molecule has 0 aliphatic carbocycles. The van der Waals surface area contributed by atoms with Gasteiger partial charge in [0, 0.05) is 45.0 Å². The molecule has 0 saturated carbocycles. The Bertz CT molecular complexity index is 819. The van der Waals surface area contributed by atoms with Gasteiger partial charge in [-0.1, -0.05) is 5.16 Å². The van der Waals surface area contributed by atoms with Crippen molar-refractivity contribution in [2.45, 2.75) is 38.1 Å². The number of methoxy groups -OCH3 is 1. The van der Waals surface area contributed by atoms with E-state index in [9.17, 15) is 4.79 Å². The number of rotatable bonds is 8. The van der Waals surface area contributed by atoms with Crippen molar-refractivity contribution in [2.75, 3.05) is 40.1 Å². The molecule has 0 radical (unpaired) electrons. The average Bonchev–Trinajstić information content (AvgIpc) is 3.46. The zero-order chi connectivity index (χ0) is 20.8. The molecule has 0 bridgehead atoms. The van der Waals surface area contributed by atoms with Crippen LogP contribution in [0, 0.1) is 5.92 Å². The number of ether oxygens (including phenoxy) is 3. The summed E-state index contributed by atoms with van der Waals surface area (Å²) in [6.45, 7) is 3.61. The maximum absolute atomic E-state index is 12.9. The lowest BCUT2D eigenvalue weighted by molar-refractivity contribution is 0.0211. The van der Waals surface area contributed by atoms with Crippen molar-refractivity contribution >= 4 is 5.91 Å². The first-order valence-corrected chi connectivity index (χ1v) is 10.5. The highest BCUT2D eigenvalue weighted by atomic mass is 16.5. The molecule has 2 aliphatic rings. The molecule has 4 rings (SSSR count). The molecule has 0 spiro atoms. The number of hydrogen-bond donors (Lipinski definition) is 0. The smallest absolute Gasteiger partial charge is 0.256 e. The second-order valence-electron chi connectivity index (χ2n) is 7.68. The van der Waals surface area contributed by atoms with Gasteiger partial charge in [-0.25, -0.2) is 4.98 Å². The van der Waals surface area contributed by atoms with Gasteiger partial charge in [0.05, 0.1) is 19.3 Å². The van der Waals surface area contributed by atoms with Crippen LogP contribution in [-0.4, -0.2) is 66.0 Å². The van der Waals surface area contributed by atoms with Crippen molar-refractivity contribution in [3.05, 3.63) is 35.6 Å².